The highest BCUT2D eigenvalue weighted by atomic mass is 16.5. The molecule has 0 saturated heterocycles. The largest absolute Gasteiger partial charge is 0.481 e. The highest BCUT2D eigenvalue weighted by molar-refractivity contribution is 5.75. The number of carbonyl (C=O) groups is 2. The summed E-state index contributed by atoms with van der Waals surface area (Å²) < 4.78 is 5.28. The van der Waals surface area contributed by atoms with E-state index in [1.54, 1.807) is 0 Å². The molecule has 0 aliphatic heterocycles. The Morgan fingerprint density at radius 1 is 1.15 bits per heavy atom. The van der Waals surface area contributed by atoms with E-state index in [2.05, 4.69) is 13.8 Å². The highest BCUT2D eigenvalue weighted by Crippen LogP contribution is 2.30. The smallest absolute Gasteiger partial charge is 0.308 e. The predicted octanol–water partition coefficient (Wildman–Crippen LogP) is 3.64. The molecule has 1 saturated carbocycles. The van der Waals surface area contributed by atoms with E-state index >= 15 is 0 Å². The third-order valence-corrected chi connectivity index (χ3v) is 4.03. The number of rotatable bonds is 8. The zero-order chi connectivity index (χ0) is 15.0. The van der Waals surface area contributed by atoms with E-state index in [1.807, 2.05) is 0 Å². The average molecular weight is 284 g/mol. The lowest BCUT2D eigenvalue weighted by molar-refractivity contribution is -0.152. The molecule has 0 amide bonds. The molecular weight excluding hydrogens is 256 g/mol. The van der Waals surface area contributed by atoms with Crippen LogP contribution >= 0.6 is 0 Å². The third kappa shape index (κ3) is 6.40. The summed E-state index contributed by atoms with van der Waals surface area (Å²) in [6.07, 6.45) is 7.12. The van der Waals surface area contributed by atoms with E-state index in [-0.39, 0.29) is 17.8 Å². The third-order valence-electron chi connectivity index (χ3n) is 4.03. The van der Waals surface area contributed by atoms with E-state index < -0.39 is 5.97 Å². The Labute approximate surface area is 121 Å². The van der Waals surface area contributed by atoms with Crippen molar-refractivity contribution in [1.29, 1.82) is 0 Å². The molecule has 1 N–H and O–H groups in total. The van der Waals surface area contributed by atoms with Gasteiger partial charge in [-0.05, 0) is 31.6 Å². The van der Waals surface area contributed by atoms with E-state index in [9.17, 15) is 9.59 Å². The fourth-order valence-electron chi connectivity index (χ4n) is 2.75. The van der Waals surface area contributed by atoms with Gasteiger partial charge in [-0.1, -0.05) is 39.5 Å². The number of carboxylic acid groups (broad SMARTS) is 1. The van der Waals surface area contributed by atoms with Gasteiger partial charge in [0.15, 0.2) is 0 Å². The molecule has 1 fully saturated rings. The maximum atomic E-state index is 11.9. The van der Waals surface area contributed by atoms with Crippen LogP contribution in [0.5, 0.6) is 0 Å². The van der Waals surface area contributed by atoms with Crippen LogP contribution in [-0.4, -0.2) is 23.7 Å². The van der Waals surface area contributed by atoms with Gasteiger partial charge in [-0.2, -0.15) is 0 Å². The second-order valence-electron chi connectivity index (χ2n) is 6.31. The number of hydrogen-bond donors (Lipinski definition) is 1. The summed E-state index contributed by atoms with van der Waals surface area (Å²) in [5.74, 6) is -0.823. The van der Waals surface area contributed by atoms with Crippen molar-refractivity contribution in [3.05, 3.63) is 0 Å². The molecule has 20 heavy (non-hydrogen) atoms. The van der Waals surface area contributed by atoms with Crippen LogP contribution in [0.3, 0.4) is 0 Å². The van der Waals surface area contributed by atoms with Gasteiger partial charge in [0, 0.05) is 0 Å². The fourth-order valence-corrected chi connectivity index (χ4v) is 2.75. The second-order valence-corrected chi connectivity index (χ2v) is 6.31. The van der Waals surface area contributed by atoms with Gasteiger partial charge in [0.05, 0.1) is 18.4 Å². The molecule has 0 bridgehead atoms. The van der Waals surface area contributed by atoms with Crippen molar-refractivity contribution in [3.8, 4) is 0 Å². The predicted molar refractivity (Wildman–Crippen MR) is 77.3 cm³/mol. The topological polar surface area (TPSA) is 63.6 Å². The monoisotopic (exact) mass is 284 g/mol. The van der Waals surface area contributed by atoms with Crippen molar-refractivity contribution in [2.75, 3.05) is 6.61 Å². The van der Waals surface area contributed by atoms with Gasteiger partial charge in [-0.15, -0.1) is 0 Å². The molecule has 0 heterocycles. The maximum absolute atomic E-state index is 11.9. The number of hydrogen-bond acceptors (Lipinski definition) is 3. The first kappa shape index (κ1) is 17.0. The van der Waals surface area contributed by atoms with Crippen molar-refractivity contribution in [3.63, 3.8) is 0 Å². The van der Waals surface area contributed by atoms with Gasteiger partial charge in [0.25, 0.3) is 0 Å². The lowest BCUT2D eigenvalue weighted by atomic mass is 9.81. The summed E-state index contributed by atoms with van der Waals surface area (Å²) >= 11 is 0. The number of aliphatic carboxylic acids is 1. The average Bonchev–Trinajstić information content (AvgIpc) is 2.42. The minimum Gasteiger partial charge on any atom is -0.481 e. The molecule has 1 rings (SSSR count). The van der Waals surface area contributed by atoms with E-state index in [0.717, 1.165) is 31.6 Å². The quantitative estimate of drug-likeness (QED) is 0.546. The van der Waals surface area contributed by atoms with E-state index in [1.165, 1.54) is 12.8 Å². The van der Waals surface area contributed by atoms with Crippen molar-refractivity contribution in [2.45, 2.75) is 65.2 Å². The van der Waals surface area contributed by atoms with Crippen LogP contribution in [0, 0.1) is 17.8 Å². The SMILES string of the molecule is CC(C)CCCCCOC(=O)C1CCCC(C(=O)O)C1. The Hall–Kier alpha value is -1.06. The molecule has 0 aromatic carbocycles. The molecule has 2 unspecified atom stereocenters. The van der Waals surface area contributed by atoms with Crippen molar-refractivity contribution < 1.29 is 19.4 Å². The first-order chi connectivity index (χ1) is 9.50. The van der Waals surface area contributed by atoms with E-state index in [4.69, 9.17) is 9.84 Å². The molecule has 2 atom stereocenters. The molecule has 4 heteroatoms. The molecule has 1 aliphatic carbocycles. The van der Waals surface area contributed by atoms with Crippen molar-refractivity contribution >= 4 is 11.9 Å². The summed E-state index contributed by atoms with van der Waals surface area (Å²) in [4.78, 5) is 22.8. The Balaban J connectivity index is 2.14. The summed E-state index contributed by atoms with van der Waals surface area (Å²) in [5, 5.41) is 9.00. The van der Waals surface area contributed by atoms with Gasteiger partial charge < -0.3 is 9.84 Å². The Bertz CT molecular complexity index is 312. The maximum Gasteiger partial charge on any atom is 0.308 e. The normalized spacial score (nSPS) is 22.8. The van der Waals surface area contributed by atoms with Crippen LogP contribution in [-0.2, 0) is 14.3 Å². The second kappa shape index (κ2) is 8.98. The van der Waals surface area contributed by atoms with Crippen LogP contribution < -0.4 is 0 Å². The number of carboxylic acids is 1. The van der Waals surface area contributed by atoms with Gasteiger partial charge >= 0.3 is 11.9 Å². The summed E-state index contributed by atoms with van der Waals surface area (Å²) in [6.45, 7) is 4.90. The summed E-state index contributed by atoms with van der Waals surface area (Å²) in [6, 6.07) is 0. The van der Waals surface area contributed by atoms with Crippen molar-refractivity contribution in [1.82, 2.24) is 0 Å². The van der Waals surface area contributed by atoms with Gasteiger partial charge in [0.2, 0.25) is 0 Å². The minimum absolute atomic E-state index is 0.195. The highest BCUT2D eigenvalue weighted by Gasteiger charge is 2.31. The molecule has 0 spiro atoms. The molecule has 0 aromatic rings. The fraction of sp³-hybridized carbons (Fsp3) is 0.875. The van der Waals surface area contributed by atoms with Gasteiger partial charge in [0.1, 0.15) is 0 Å². The lowest BCUT2D eigenvalue weighted by Crippen LogP contribution is -2.28. The Morgan fingerprint density at radius 3 is 2.50 bits per heavy atom. The number of esters is 1. The Kier molecular flexibility index (Phi) is 7.63. The summed E-state index contributed by atoms with van der Waals surface area (Å²) in [5.41, 5.74) is 0. The van der Waals surface area contributed by atoms with Crippen molar-refractivity contribution in [2.24, 2.45) is 17.8 Å². The molecule has 0 radical (unpaired) electrons. The molecule has 116 valence electrons. The molecular formula is C16H28O4. The number of unbranched alkanes of at least 4 members (excludes halogenated alkanes) is 2. The number of ether oxygens (including phenoxy) is 1. The standard InChI is InChI=1S/C16H28O4/c1-12(2)7-4-3-5-10-20-16(19)14-9-6-8-13(11-14)15(17)18/h12-14H,3-11H2,1-2H3,(H,17,18). The molecule has 4 nitrogen and oxygen atoms in total. The van der Waals surface area contributed by atoms with Crippen LogP contribution in [0.2, 0.25) is 0 Å². The molecule has 1 aliphatic rings. The lowest BCUT2D eigenvalue weighted by Gasteiger charge is -2.25. The van der Waals surface area contributed by atoms with Crippen LogP contribution in [0.1, 0.15) is 65.2 Å². The Morgan fingerprint density at radius 2 is 1.85 bits per heavy atom. The molecule has 0 aromatic heterocycles. The zero-order valence-corrected chi connectivity index (χ0v) is 12.8. The minimum atomic E-state index is -0.781. The van der Waals surface area contributed by atoms with Crippen LogP contribution in [0.4, 0.5) is 0 Å². The number of carbonyl (C=O) groups excluding carboxylic acids is 1. The van der Waals surface area contributed by atoms with Gasteiger partial charge in [-0.3, -0.25) is 9.59 Å². The van der Waals surface area contributed by atoms with Gasteiger partial charge in [-0.25, -0.2) is 0 Å². The van der Waals surface area contributed by atoms with Crippen LogP contribution in [0.25, 0.3) is 0 Å². The first-order valence-electron chi connectivity index (χ1n) is 7.90. The first-order valence-corrected chi connectivity index (χ1v) is 7.90. The van der Waals surface area contributed by atoms with Crippen LogP contribution in [0.15, 0.2) is 0 Å². The summed E-state index contributed by atoms with van der Waals surface area (Å²) in [7, 11) is 0. The zero-order valence-electron chi connectivity index (χ0n) is 12.8. The van der Waals surface area contributed by atoms with E-state index in [0.29, 0.717) is 19.4 Å².